The van der Waals surface area contributed by atoms with Crippen LogP contribution >= 0.6 is 0 Å². The third-order valence-corrected chi connectivity index (χ3v) is 5.82. The Kier molecular flexibility index (Phi) is 5.55. The number of carbonyl (C=O) groups is 1. The number of para-hydroxylation sites is 1. The molecule has 0 unspecified atom stereocenters. The predicted octanol–water partition coefficient (Wildman–Crippen LogP) is 4.75. The Morgan fingerprint density at radius 2 is 1.94 bits per heavy atom. The lowest BCUT2D eigenvalue weighted by atomic mass is 10.0. The summed E-state index contributed by atoms with van der Waals surface area (Å²) in [5, 5.41) is 15.9. The van der Waals surface area contributed by atoms with Crippen molar-refractivity contribution in [1.82, 2.24) is 25.0 Å². The minimum Gasteiger partial charge on any atom is -0.496 e. The van der Waals surface area contributed by atoms with E-state index in [-0.39, 0.29) is 5.91 Å². The first-order valence-electron chi connectivity index (χ1n) is 10.9. The van der Waals surface area contributed by atoms with Crippen LogP contribution in [-0.4, -0.2) is 38.0 Å². The molecule has 0 aliphatic carbocycles. The quantitative estimate of drug-likeness (QED) is 0.388. The van der Waals surface area contributed by atoms with Crippen LogP contribution in [-0.2, 0) is 6.54 Å². The summed E-state index contributed by atoms with van der Waals surface area (Å²) in [7, 11) is 1.55. The Hall–Kier alpha value is -4.46. The van der Waals surface area contributed by atoms with Gasteiger partial charge in [-0.05, 0) is 42.7 Å². The van der Waals surface area contributed by atoms with Crippen LogP contribution in [0.15, 0.2) is 67.3 Å². The van der Waals surface area contributed by atoms with Gasteiger partial charge in [0.25, 0.3) is 5.91 Å². The Balaban J connectivity index is 1.50. The molecular weight excluding hydrogens is 428 g/mol. The molecule has 0 saturated heterocycles. The molecule has 3 heterocycles. The zero-order chi connectivity index (χ0) is 23.7. The van der Waals surface area contributed by atoms with Crippen molar-refractivity contribution in [1.29, 1.82) is 0 Å². The van der Waals surface area contributed by atoms with Gasteiger partial charge in [0.2, 0.25) is 0 Å². The van der Waals surface area contributed by atoms with Crippen LogP contribution in [0.3, 0.4) is 0 Å². The Morgan fingerprint density at radius 1 is 1.12 bits per heavy atom. The van der Waals surface area contributed by atoms with Gasteiger partial charge in [-0.1, -0.05) is 24.3 Å². The van der Waals surface area contributed by atoms with Crippen molar-refractivity contribution in [3.05, 3.63) is 89.5 Å². The summed E-state index contributed by atoms with van der Waals surface area (Å²) in [5.41, 5.74) is 6.63. The minimum atomic E-state index is -0.240. The number of aromatic amines is 1. The first-order valence-corrected chi connectivity index (χ1v) is 10.9. The summed E-state index contributed by atoms with van der Waals surface area (Å²) < 4.78 is 7.37. The lowest BCUT2D eigenvalue weighted by Crippen LogP contribution is -2.15. The molecule has 34 heavy (non-hydrogen) atoms. The highest BCUT2D eigenvalue weighted by Gasteiger charge is 2.19. The lowest BCUT2D eigenvalue weighted by Gasteiger charge is -2.13. The average molecular weight is 453 g/mol. The maximum absolute atomic E-state index is 13.3. The Bertz CT molecular complexity index is 1470. The maximum Gasteiger partial charge on any atom is 0.259 e. The van der Waals surface area contributed by atoms with E-state index in [1.165, 1.54) is 0 Å². The molecular formula is C26H24N6O2. The minimum absolute atomic E-state index is 0.240. The van der Waals surface area contributed by atoms with E-state index in [1.54, 1.807) is 25.6 Å². The number of ether oxygens (including phenoxy) is 1. The molecule has 0 atom stereocenters. The maximum atomic E-state index is 13.3. The second-order valence-electron chi connectivity index (χ2n) is 8.18. The number of hydrogen-bond acceptors (Lipinski definition) is 5. The molecule has 8 heteroatoms. The van der Waals surface area contributed by atoms with Gasteiger partial charge in [-0.2, -0.15) is 10.2 Å². The number of hydrogen-bond donors (Lipinski definition) is 2. The molecule has 170 valence electrons. The number of benzene rings is 2. The highest BCUT2D eigenvalue weighted by molar-refractivity contribution is 6.10. The highest BCUT2D eigenvalue weighted by atomic mass is 16.5. The van der Waals surface area contributed by atoms with Crippen molar-refractivity contribution >= 4 is 22.5 Å². The van der Waals surface area contributed by atoms with Crippen LogP contribution in [0.1, 0.15) is 27.0 Å². The van der Waals surface area contributed by atoms with Crippen molar-refractivity contribution in [2.45, 2.75) is 20.4 Å². The molecule has 1 amide bonds. The average Bonchev–Trinajstić information content (AvgIpc) is 3.47. The van der Waals surface area contributed by atoms with Gasteiger partial charge < -0.3 is 10.1 Å². The lowest BCUT2D eigenvalue weighted by molar-refractivity contribution is 0.102. The third kappa shape index (κ3) is 4.01. The van der Waals surface area contributed by atoms with Crippen molar-refractivity contribution in [3.8, 4) is 17.0 Å². The molecule has 0 radical (unpaired) electrons. The van der Waals surface area contributed by atoms with E-state index in [0.29, 0.717) is 17.9 Å². The largest absolute Gasteiger partial charge is 0.496 e. The molecule has 5 aromatic rings. The fourth-order valence-electron chi connectivity index (χ4n) is 4.05. The fourth-order valence-corrected chi connectivity index (χ4v) is 4.05. The number of nitrogens with zero attached hydrogens (tertiary/aromatic N) is 4. The van der Waals surface area contributed by atoms with E-state index < -0.39 is 0 Å². The number of methoxy groups -OCH3 is 1. The van der Waals surface area contributed by atoms with E-state index >= 15 is 0 Å². The van der Waals surface area contributed by atoms with Crippen molar-refractivity contribution in [2.75, 3.05) is 12.4 Å². The van der Waals surface area contributed by atoms with Crippen LogP contribution in [0.5, 0.6) is 5.75 Å². The molecule has 3 aromatic heterocycles. The van der Waals surface area contributed by atoms with Gasteiger partial charge in [-0.3, -0.25) is 19.6 Å². The summed E-state index contributed by atoms with van der Waals surface area (Å²) in [4.78, 5) is 17.4. The number of nitrogens with one attached hydrogen (secondary N) is 2. The molecule has 2 N–H and O–H groups in total. The first-order chi connectivity index (χ1) is 16.5. The van der Waals surface area contributed by atoms with Crippen LogP contribution in [0.4, 0.5) is 5.69 Å². The van der Waals surface area contributed by atoms with Crippen molar-refractivity contribution in [3.63, 3.8) is 0 Å². The topological polar surface area (TPSA) is 97.7 Å². The smallest absolute Gasteiger partial charge is 0.259 e. The van der Waals surface area contributed by atoms with Gasteiger partial charge in [0.1, 0.15) is 11.4 Å². The summed E-state index contributed by atoms with van der Waals surface area (Å²) in [6.45, 7) is 4.55. The molecule has 8 nitrogen and oxygen atoms in total. The SMILES string of the molecule is COc1cc2[nH]nc(-c3cnn(Cc4cccnc4)c3)c2cc1C(=O)Nc1c(C)cccc1C. The second kappa shape index (κ2) is 8.82. The molecule has 0 fully saturated rings. The molecule has 0 aliphatic heterocycles. The predicted molar refractivity (Wildman–Crippen MR) is 131 cm³/mol. The van der Waals surface area contributed by atoms with Gasteiger partial charge in [-0.25, -0.2) is 0 Å². The van der Waals surface area contributed by atoms with Gasteiger partial charge >= 0.3 is 0 Å². The number of fused-ring (bicyclic) bond motifs is 1. The zero-order valence-corrected chi connectivity index (χ0v) is 19.2. The third-order valence-electron chi connectivity index (χ3n) is 5.82. The summed E-state index contributed by atoms with van der Waals surface area (Å²) in [6.07, 6.45) is 7.27. The van der Waals surface area contributed by atoms with E-state index in [2.05, 4.69) is 25.6 Å². The fraction of sp³-hybridized carbons (Fsp3) is 0.154. The second-order valence-corrected chi connectivity index (χ2v) is 8.18. The summed E-state index contributed by atoms with van der Waals surface area (Å²) >= 11 is 0. The van der Waals surface area contributed by atoms with Gasteiger partial charge in [0.05, 0.1) is 30.9 Å². The van der Waals surface area contributed by atoms with E-state index in [9.17, 15) is 4.79 Å². The molecule has 2 aromatic carbocycles. The highest BCUT2D eigenvalue weighted by Crippen LogP contribution is 2.32. The monoisotopic (exact) mass is 452 g/mol. The first kappa shape index (κ1) is 21.4. The number of aryl methyl sites for hydroxylation is 2. The van der Waals surface area contributed by atoms with Gasteiger partial charge in [0, 0.05) is 41.3 Å². The van der Waals surface area contributed by atoms with Crippen LogP contribution in [0, 0.1) is 13.8 Å². The van der Waals surface area contributed by atoms with E-state index in [0.717, 1.165) is 44.5 Å². The van der Waals surface area contributed by atoms with Crippen molar-refractivity contribution in [2.24, 2.45) is 0 Å². The molecule has 5 rings (SSSR count). The van der Waals surface area contributed by atoms with E-state index in [1.807, 2.05) is 67.3 Å². The summed E-state index contributed by atoms with van der Waals surface area (Å²) in [5.74, 6) is 0.231. The number of rotatable bonds is 6. The number of anilines is 1. The van der Waals surface area contributed by atoms with E-state index in [4.69, 9.17) is 4.74 Å². The normalized spacial score (nSPS) is 11.0. The zero-order valence-electron chi connectivity index (χ0n) is 19.2. The molecule has 0 bridgehead atoms. The standard InChI is InChI=1S/C26H24N6O2/c1-16-6-4-7-17(2)24(16)29-26(33)21-10-20-22(11-23(21)34-3)30-31-25(20)19-13-28-32(15-19)14-18-8-5-9-27-12-18/h4-13,15H,14H2,1-3H3,(H,29,33)(H,30,31). The summed E-state index contributed by atoms with van der Waals surface area (Å²) in [6, 6.07) is 13.4. The molecule has 0 saturated carbocycles. The number of pyridine rings is 1. The number of H-pyrrole nitrogens is 1. The van der Waals surface area contributed by atoms with Gasteiger partial charge in [-0.15, -0.1) is 0 Å². The van der Waals surface area contributed by atoms with Gasteiger partial charge in [0.15, 0.2) is 0 Å². The van der Waals surface area contributed by atoms with Crippen molar-refractivity contribution < 1.29 is 9.53 Å². The number of carbonyl (C=O) groups excluding carboxylic acids is 1. The van der Waals surface area contributed by atoms with Crippen LogP contribution in [0.25, 0.3) is 22.2 Å². The number of aromatic nitrogens is 5. The Labute approximate surface area is 196 Å². The molecule has 0 spiro atoms. The molecule has 0 aliphatic rings. The Morgan fingerprint density at radius 3 is 2.68 bits per heavy atom. The van der Waals surface area contributed by atoms with Crippen LogP contribution in [0.2, 0.25) is 0 Å². The van der Waals surface area contributed by atoms with Crippen LogP contribution < -0.4 is 10.1 Å². The number of amides is 1.